The van der Waals surface area contributed by atoms with E-state index in [-0.39, 0.29) is 11.3 Å². The van der Waals surface area contributed by atoms with Crippen LogP contribution in [0.15, 0.2) is 41.3 Å². The first-order valence-electron chi connectivity index (χ1n) is 6.69. The minimum absolute atomic E-state index is 0.0434. The van der Waals surface area contributed by atoms with Crippen LogP contribution in [0.25, 0.3) is 0 Å². The van der Waals surface area contributed by atoms with Crippen LogP contribution in [0.4, 0.5) is 17.6 Å². The van der Waals surface area contributed by atoms with E-state index in [1.165, 1.54) is 12.1 Å². The summed E-state index contributed by atoms with van der Waals surface area (Å²) in [6.45, 7) is 1.57. The van der Waals surface area contributed by atoms with Crippen molar-refractivity contribution in [1.29, 1.82) is 0 Å². The topological polar surface area (TPSA) is 29.1 Å². The Morgan fingerprint density at radius 3 is 2.43 bits per heavy atom. The van der Waals surface area contributed by atoms with E-state index in [0.29, 0.717) is 4.90 Å². The minimum atomic E-state index is -0.989. The molecule has 0 saturated heterocycles. The standard InChI is InChI=1S/C16H13F4NOS/c1-9(12-4-2-10(17)6-14(12)19)21-16(22)8-23-11-3-5-13(18)15(20)7-11/h2-7,9H,8H2,1H3,(H,21,22). The highest BCUT2D eigenvalue weighted by atomic mass is 32.2. The third-order valence-electron chi connectivity index (χ3n) is 3.07. The van der Waals surface area contributed by atoms with Gasteiger partial charge in [-0.2, -0.15) is 0 Å². The van der Waals surface area contributed by atoms with Crippen LogP contribution >= 0.6 is 11.8 Å². The average molecular weight is 343 g/mol. The van der Waals surface area contributed by atoms with E-state index in [4.69, 9.17) is 0 Å². The van der Waals surface area contributed by atoms with Crippen LogP contribution in [0.5, 0.6) is 0 Å². The van der Waals surface area contributed by atoms with Gasteiger partial charge in [0.15, 0.2) is 11.6 Å². The van der Waals surface area contributed by atoms with Crippen LogP contribution in [0.3, 0.4) is 0 Å². The fraction of sp³-hybridized carbons (Fsp3) is 0.188. The number of carbonyl (C=O) groups excluding carboxylic acids is 1. The molecule has 0 aliphatic heterocycles. The SMILES string of the molecule is CC(NC(=O)CSc1ccc(F)c(F)c1)c1ccc(F)cc1F. The number of nitrogens with one attached hydrogen (secondary N) is 1. The van der Waals surface area contributed by atoms with E-state index < -0.39 is 35.2 Å². The summed E-state index contributed by atoms with van der Waals surface area (Å²) in [5.74, 6) is -3.84. The fourth-order valence-corrected chi connectivity index (χ4v) is 2.66. The smallest absolute Gasteiger partial charge is 0.230 e. The van der Waals surface area contributed by atoms with E-state index in [2.05, 4.69) is 5.32 Å². The van der Waals surface area contributed by atoms with Gasteiger partial charge in [0.25, 0.3) is 0 Å². The first-order valence-corrected chi connectivity index (χ1v) is 7.67. The zero-order valence-electron chi connectivity index (χ0n) is 12.1. The van der Waals surface area contributed by atoms with Gasteiger partial charge in [-0.3, -0.25) is 4.79 Å². The average Bonchev–Trinajstić information content (AvgIpc) is 2.48. The van der Waals surface area contributed by atoms with E-state index in [1.807, 2.05) is 0 Å². The molecule has 0 fully saturated rings. The zero-order valence-corrected chi connectivity index (χ0v) is 12.9. The summed E-state index contributed by atoms with van der Waals surface area (Å²) in [6.07, 6.45) is 0. The monoisotopic (exact) mass is 343 g/mol. The number of amides is 1. The molecule has 2 aromatic carbocycles. The van der Waals surface area contributed by atoms with Gasteiger partial charge in [0.2, 0.25) is 5.91 Å². The summed E-state index contributed by atoms with van der Waals surface area (Å²) < 4.78 is 52.3. The second-order valence-electron chi connectivity index (χ2n) is 4.82. The first-order chi connectivity index (χ1) is 10.9. The minimum Gasteiger partial charge on any atom is -0.349 e. The third-order valence-corrected chi connectivity index (χ3v) is 4.06. The Kier molecular flexibility index (Phi) is 5.65. The molecular weight excluding hydrogens is 330 g/mol. The molecule has 1 amide bonds. The van der Waals surface area contributed by atoms with Gasteiger partial charge in [-0.25, -0.2) is 17.6 Å². The molecule has 2 aromatic rings. The number of carbonyl (C=O) groups is 1. The molecule has 1 N–H and O–H groups in total. The van der Waals surface area contributed by atoms with Gasteiger partial charge < -0.3 is 5.32 Å². The van der Waals surface area contributed by atoms with Crippen molar-refractivity contribution in [3.63, 3.8) is 0 Å². The molecule has 1 atom stereocenters. The van der Waals surface area contributed by atoms with Crippen LogP contribution in [-0.4, -0.2) is 11.7 Å². The van der Waals surface area contributed by atoms with Gasteiger partial charge in [0.05, 0.1) is 11.8 Å². The van der Waals surface area contributed by atoms with Crippen molar-refractivity contribution >= 4 is 17.7 Å². The van der Waals surface area contributed by atoms with E-state index >= 15 is 0 Å². The fourth-order valence-electron chi connectivity index (χ4n) is 1.93. The summed E-state index contributed by atoms with van der Waals surface area (Å²) in [5, 5.41) is 2.56. The number of thioether (sulfide) groups is 1. The Morgan fingerprint density at radius 1 is 1.04 bits per heavy atom. The van der Waals surface area contributed by atoms with E-state index in [0.717, 1.165) is 36.0 Å². The van der Waals surface area contributed by atoms with Gasteiger partial charge >= 0.3 is 0 Å². The van der Waals surface area contributed by atoms with Gasteiger partial charge in [-0.15, -0.1) is 11.8 Å². The van der Waals surface area contributed by atoms with Gasteiger partial charge in [0.1, 0.15) is 11.6 Å². The third kappa shape index (κ3) is 4.72. The molecule has 0 aliphatic rings. The van der Waals surface area contributed by atoms with Crippen molar-refractivity contribution < 1.29 is 22.4 Å². The van der Waals surface area contributed by atoms with Crippen molar-refractivity contribution in [3.05, 3.63) is 65.2 Å². The molecule has 23 heavy (non-hydrogen) atoms. The Hall–Kier alpha value is -2.02. The second-order valence-corrected chi connectivity index (χ2v) is 5.87. The predicted octanol–water partition coefficient (Wildman–Crippen LogP) is 4.21. The number of hydrogen-bond acceptors (Lipinski definition) is 2. The summed E-state index contributed by atoms with van der Waals surface area (Å²) in [4.78, 5) is 12.2. The molecule has 2 nitrogen and oxygen atoms in total. The maximum Gasteiger partial charge on any atom is 0.230 e. The summed E-state index contributed by atoms with van der Waals surface area (Å²) >= 11 is 1.02. The van der Waals surface area contributed by atoms with Crippen LogP contribution in [0.2, 0.25) is 0 Å². The Bertz CT molecular complexity index is 723. The maximum absolute atomic E-state index is 13.6. The summed E-state index contributed by atoms with van der Waals surface area (Å²) in [7, 11) is 0. The lowest BCUT2D eigenvalue weighted by Gasteiger charge is -2.15. The first kappa shape index (κ1) is 17.3. The van der Waals surface area contributed by atoms with E-state index in [1.54, 1.807) is 6.92 Å². The quantitative estimate of drug-likeness (QED) is 0.651. The molecule has 7 heteroatoms. The van der Waals surface area contributed by atoms with Crippen LogP contribution in [0.1, 0.15) is 18.5 Å². The van der Waals surface area contributed by atoms with Crippen LogP contribution in [-0.2, 0) is 4.79 Å². The molecule has 0 bridgehead atoms. The Morgan fingerprint density at radius 2 is 1.78 bits per heavy atom. The van der Waals surface area contributed by atoms with Crippen molar-refractivity contribution in [2.45, 2.75) is 17.9 Å². The number of halogens is 4. The largest absolute Gasteiger partial charge is 0.349 e. The molecule has 2 rings (SSSR count). The highest BCUT2D eigenvalue weighted by molar-refractivity contribution is 8.00. The summed E-state index contributed by atoms with van der Waals surface area (Å²) in [6, 6.07) is 5.80. The highest BCUT2D eigenvalue weighted by Gasteiger charge is 2.14. The van der Waals surface area contributed by atoms with Crippen molar-refractivity contribution in [2.24, 2.45) is 0 Å². The highest BCUT2D eigenvalue weighted by Crippen LogP contribution is 2.21. The lowest BCUT2D eigenvalue weighted by Crippen LogP contribution is -2.28. The van der Waals surface area contributed by atoms with Gasteiger partial charge in [-0.05, 0) is 31.2 Å². The van der Waals surface area contributed by atoms with Crippen molar-refractivity contribution in [3.8, 4) is 0 Å². The number of rotatable bonds is 5. The molecule has 122 valence electrons. The molecular formula is C16H13F4NOS. The predicted molar refractivity (Wildman–Crippen MR) is 80.0 cm³/mol. The second kappa shape index (κ2) is 7.50. The molecule has 0 radical (unpaired) electrons. The Labute approximate surface area is 134 Å². The lowest BCUT2D eigenvalue weighted by atomic mass is 10.1. The number of benzene rings is 2. The normalized spacial score (nSPS) is 12.0. The van der Waals surface area contributed by atoms with Gasteiger partial charge in [-0.1, -0.05) is 6.07 Å². The summed E-state index contributed by atoms with van der Waals surface area (Å²) in [5.41, 5.74) is 0.164. The molecule has 0 spiro atoms. The molecule has 0 aliphatic carbocycles. The molecule has 1 unspecified atom stereocenters. The number of hydrogen-bond donors (Lipinski definition) is 1. The molecule has 0 saturated carbocycles. The molecule has 0 heterocycles. The van der Waals surface area contributed by atoms with E-state index in [9.17, 15) is 22.4 Å². The van der Waals surface area contributed by atoms with Crippen LogP contribution < -0.4 is 5.32 Å². The maximum atomic E-state index is 13.6. The van der Waals surface area contributed by atoms with Crippen LogP contribution in [0, 0.1) is 23.3 Å². The Balaban J connectivity index is 1.92. The van der Waals surface area contributed by atoms with Gasteiger partial charge in [0, 0.05) is 16.5 Å². The lowest BCUT2D eigenvalue weighted by molar-refractivity contribution is -0.119. The van der Waals surface area contributed by atoms with Crippen molar-refractivity contribution in [2.75, 3.05) is 5.75 Å². The zero-order chi connectivity index (χ0) is 17.0. The van der Waals surface area contributed by atoms with Crippen molar-refractivity contribution in [1.82, 2.24) is 5.32 Å². The molecule has 0 aromatic heterocycles.